The van der Waals surface area contributed by atoms with E-state index in [0.717, 1.165) is 5.56 Å². The van der Waals surface area contributed by atoms with Gasteiger partial charge in [-0.3, -0.25) is 9.78 Å². The number of hydrogen-bond donors (Lipinski definition) is 1. The molecule has 2 aromatic heterocycles. The molecule has 11 heteroatoms. The minimum absolute atomic E-state index is 0.0102. The Kier molecular flexibility index (Phi) is 8.16. The number of sulfonamides is 1. The van der Waals surface area contributed by atoms with Gasteiger partial charge in [0.05, 0.1) is 19.6 Å². The summed E-state index contributed by atoms with van der Waals surface area (Å²) in [6.45, 7) is 3.62. The van der Waals surface area contributed by atoms with Crippen molar-refractivity contribution in [3.05, 3.63) is 67.0 Å². The molecule has 0 saturated carbocycles. The molecular weight excluding hydrogens is 494 g/mol. The Bertz CT molecular complexity index is 1320. The first-order valence-corrected chi connectivity index (χ1v) is 13.5. The minimum Gasteiger partial charge on any atom is -0.487 e. The Balaban J connectivity index is 1.69. The zero-order chi connectivity index (χ0) is 26.6. The first kappa shape index (κ1) is 26.6. The number of benzene rings is 1. The summed E-state index contributed by atoms with van der Waals surface area (Å²) in [5, 5.41) is 9.82. The molecule has 10 nitrogen and oxygen atoms in total. The van der Waals surface area contributed by atoms with Crippen LogP contribution < -0.4 is 4.74 Å². The number of hydrogen-bond acceptors (Lipinski definition) is 8. The zero-order valence-electron chi connectivity index (χ0n) is 21.1. The van der Waals surface area contributed by atoms with E-state index < -0.39 is 22.2 Å². The van der Waals surface area contributed by atoms with Crippen LogP contribution in [0.1, 0.15) is 19.4 Å². The topological polar surface area (TPSA) is 126 Å². The van der Waals surface area contributed by atoms with E-state index in [4.69, 9.17) is 4.74 Å². The second kappa shape index (κ2) is 11.3. The van der Waals surface area contributed by atoms with E-state index in [9.17, 15) is 18.3 Å². The molecule has 0 unspecified atom stereocenters. The quantitative estimate of drug-likeness (QED) is 0.497. The summed E-state index contributed by atoms with van der Waals surface area (Å²) in [5.74, 6) is -0.187. The SMILES string of the molecule is C[C@@H]1CN([C@H](C)CO)S(=O)(=O)c2ccc(-c3cncnc3)cc2O[C@@H]1CN(C)C(=O)Cc1ccncc1. The largest absolute Gasteiger partial charge is 0.487 e. The average Bonchev–Trinajstić information content (AvgIpc) is 2.91. The molecule has 1 amide bonds. The summed E-state index contributed by atoms with van der Waals surface area (Å²) < 4.78 is 35.0. The number of fused-ring (bicyclic) bond motifs is 1. The number of ether oxygens (including phenoxy) is 1. The Morgan fingerprint density at radius 1 is 1.16 bits per heavy atom. The van der Waals surface area contributed by atoms with Gasteiger partial charge in [-0.2, -0.15) is 4.31 Å². The number of carbonyl (C=O) groups excluding carboxylic acids is 1. The Morgan fingerprint density at radius 2 is 1.86 bits per heavy atom. The third-order valence-electron chi connectivity index (χ3n) is 6.55. The van der Waals surface area contributed by atoms with Gasteiger partial charge >= 0.3 is 0 Å². The molecule has 3 heterocycles. The third-order valence-corrected chi connectivity index (χ3v) is 8.56. The molecule has 0 spiro atoms. The highest BCUT2D eigenvalue weighted by atomic mass is 32.2. The lowest BCUT2D eigenvalue weighted by molar-refractivity contribution is -0.130. The summed E-state index contributed by atoms with van der Waals surface area (Å²) in [6, 6.07) is 7.82. The first-order valence-electron chi connectivity index (χ1n) is 12.0. The van der Waals surface area contributed by atoms with Crippen molar-refractivity contribution in [3.8, 4) is 16.9 Å². The maximum Gasteiger partial charge on any atom is 0.247 e. The molecule has 37 heavy (non-hydrogen) atoms. The van der Waals surface area contributed by atoms with Gasteiger partial charge in [0, 0.05) is 55.9 Å². The standard InChI is InChI=1S/C26H31N5O5S/c1-18-14-31(19(2)16-32)37(34,35)25-5-4-21(22-12-28-17-29-13-22)11-23(25)36-24(18)15-30(3)26(33)10-20-6-8-27-9-7-20/h4-9,11-13,17-19,24,32H,10,14-16H2,1-3H3/t18-,19-,24-/m1/s1. The van der Waals surface area contributed by atoms with Crippen LogP contribution in [0.4, 0.5) is 0 Å². The van der Waals surface area contributed by atoms with Crippen molar-refractivity contribution in [1.82, 2.24) is 24.2 Å². The van der Waals surface area contributed by atoms with Crippen molar-refractivity contribution >= 4 is 15.9 Å². The van der Waals surface area contributed by atoms with Gasteiger partial charge < -0.3 is 14.7 Å². The van der Waals surface area contributed by atoms with Crippen molar-refractivity contribution in [2.45, 2.75) is 37.3 Å². The number of carbonyl (C=O) groups is 1. The number of pyridine rings is 1. The van der Waals surface area contributed by atoms with Crippen molar-refractivity contribution in [1.29, 1.82) is 0 Å². The number of aromatic nitrogens is 3. The first-order chi connectivity index (χ1) is 17.7. The highest BCUT2D eigenvalue weighted by molar-refractivity contribution is 7.89. The van der Waals surface area contributed by atoms with Gasteiger partial charge in [-0.05, 0) is 42.3 Å². The van der Waals surface area contributed by atoms with Crippen molar-refractivity contribution in [3.63, 3.8) is 0 Å². The van der Waals surface area contributed by atoms with Gasteiger partial charge in [-0.1, -0.05) is 13.0 Å². The van der Waals surface area contributed by atoms with Crippen LogP contribution in [0.15, 0.2) is 66.3 Å². The molecule has 3 aromatic rings. The fraction of sp³-hybridized carbons (Fsp3) is 0.385. The van der Waals surface area contributed by atoms with E-state index >= 15 is 0 Å². The Labute approximate surface area is 217 Å². The fourth-order valence-electron chi connectivity index (χ4n) is 4.25. The molecule has 0 aliphatic carbocycles. The van der Waals surface area contributed by atoms with Gasteiger partial charge in [0.15, 0.2) is 0 Å². The Morgan fingerprint density at radius 3 is 2.54 bits per heavy atom. The van der Waals surface area contributed by atoms with Crippen molar-refractivity contribution < 1.29 is 23.1 Å². The molecule has 0 radical (unpaired) electrons. The lowest BCUT2D eigenvalue weighted by Crippen LogP contribution is -2.50. The van der Waals surface area contributed by atoms with Crippen LogP contribution in [-0.2, 0) is 21.2 Å². The highest BCUT2D eigenvalue weighted by Crippen LogP contribution is 2.36. The summed E-state index contributed by atoms with van der Waals surface area (Å²) in [4.78, 5) is 26.6. The van der Waals surface area contributed by atoms with Crippen LogP contribution in [0, 0.1) is 5.92 Å². The van der Waals surface area contributed by atoms with E-state index in [1.54, 1.807) is 67.9 Å². The number of amides is 1. The maximum atomic E-state index is 13.7. The predicted octanol–water partition coefficient (Wildman–Crippen LogP) is 2.01. The summed E-state index contributed by atoms with van der Waals surface area (Å²) >= 11 is 0. The Hall–Kier alpha value is -3.41. The molecule has 1 aromatic carbocycles. The predicted molar refractivity (Wildman–Crippen MR) is 137 cm³/mol. The van der Waals surface area contributed by atoms with Crippen LogP contribution in [0.25, 0.3) is 11.1 Å². The van der Waals surface area contributed by atoms with E-state index in [1.807, 2.05) is 6.92 Å². The molecule has 1 aliphatic heterocycles. The lowest BCUT2D eigenvalue weighted by Gasteiger charge is -2.37. The van der Waals surface area contributed by atoms with Crippen LogP contribution in [-0.4, -0.2) is 82.5 Å². The second-order valence-corrected chi connectivity index (χ2v) is 11.2. The van der Waals surface area contributed by atoms with Gasteiger partial charge in [-0.15, -0.1) is 0 Å². The molecule has 0 bridgehead atoms. The van der Waals surface area contributed by atoms with Crippen molar-refractivity contribution in [2.24, 2.45) is 5.92 Å². The summed E-state index contributed by atoms with van der Waals surface area (Å²) in [6.07, 6.45) is 7.70. The number of aliphatic hydroxyl groups is 1. The molecule has 3 atom stereocenters. The zero-order valence-corrected chi connectivity index (χ0v) is 21.9. The van der Waals surface area contributed by atoms with Gasteiger partial charge in [0.25, 0.3) is 0 Å². The van der Waals surface area contributed by atoms with Gasteiger partial charge in [-0.25, -0.2) is 18.4 Å². The van der Waals surface area contributed by atoms with E-state index in [1.165, 1.54) is 16.7 Å². The van der Waals surface area contributed by atoms with E-state index in [-0.39, 0.29) is 48.6 Å². The smallest absolute Gasteiger partial charge is 0.247 e. The van der Waals surface area contributed by atoms with Crippen LogP contribution in [0.2, 0.25) is 0 Å². The molecular formula is C26H31N5O5S. The lowest BCUT2D eigenvalue weighted by atomic mass is 10.0. The molecule has 1 aliphatic rings. The third kappa shape index (κ3) is 5.95. The summed E-state index contributed by atoms with van der Waals surface area (Å²) in [5.41, 5.74) is 2.26. The van der Waals surface area contributed by atoms with Crippen LogP contribution >= 0.6 is 0 Å². The number of nitrogens with zero attached hydrogens (tertiary/aromatic N) is 5. The molecule has 0 saturated heterocycles. The van der Waals surface area contributed by atoms with Crippen LogP contribution in [0.3, 0.4) is 0 Å². The fourth-order valence-corrected chi connectivity index (χ4v) is 6.08. The number of aliphatic hydroxyl groups excluding tert-OH is 1. The maximum absolute atomic E-state index is 13.7. The molecule has 4 rings (SSSR count). The average molecular weight is 526 g/mol. The normalized spacial score (nSPS) is 20.1. The monoisotopic (exact) mass is 525 g/mol. The molecule has 0 fully saturated rings. The van der Waals surface area contributed by atoms with Crippen LogP contribution in [0.5, 0.6) is 5.75 Å². The minimum atomic E-state index is -3.96. The molecule has 196 valence electrons. The molecule has 1 N–H and O–H groups in total. The highest BCUT2D eigenvalue weighted by Gasteiger charge is 2.38. The van der Waals surface area contributed by atoms with Gasteiger partial charge in [0.2, 0.25) is 15.9 Å². The van der Waals surface area contributed by atoms with E-state index in [2.05, 4.69) is 15.0 Å². The summed E-state index contributed by atoms with van der Waals surface area (Å²) in [7, 11) is -2.25. The van der Waals surface area contributed by atoms with Gasteiger partial charge in [0.1, 0.15) is 23.1 Å². The van der Waals surface area contributed by atoms with E-state index in [0.29, 0.717) is 11.1 Å². The number of likely N-dealkylation sites (N-methyl/N-ethyl adjacent to an activating group) is 1. The van der Waals surface area contributed by atoms with Crippen molar-refractivity contribution in [2.75, 3.05) is 26.7 Å². The second-order valence-electron chi connectivity index (χ2n) is 9.34. The number of rotatable bonds is 7.